The van der Waals surface area contributed by atoms with E-state index in [1.165, 1.54) is 16.8 Å². The van der Waals surface area contributed by atoms with E-state index in [0.29, 0.717) is 5.92 Å². The summed E-state index contributed by atoms with van der Waals surface area (Å²) in [7, 11) is 0. The van der Waals surface area contributed by atoms with Gasteiger partial charge in [0.15, 0.2) is 0 Å². The van der Waals surface area contributed by atoms with Gasteiger partial charge >= 0.3 is 0 Å². The lowest BCUT2D eigenvalue weighted by Gasteiger charge is -2.27. The third-order valence-electron chi connectivity index (χ3n) is 3.90. The SMILES string of the molecule is CC(C)c1csc(-c2cccc(CN3CCNCC3)c2)n1.Cl.Cl. The van der Waals surface area contributed by atoms with E-state index >= 15 is 0 Å². The minimum Gasteiger partial charge on any atom is -0.314 e. The minimum absolute atomic E-state index is 0. The smallest absolute Gasteiger partial charge is 0.123 e. The predicted octanol–water partition coefficient (Wildman–Crippen LogP) is 4.18. The van der Waals surface area contributed by atoms with Crippen molar-refractivity contribution in [1.29, 1.82) is 0 Å². The van der Waals surface area contributed by atoms with E-state index in [0.717, 1.165) is 37.7 Å². The normalized spacial score (nSPS) is 15.1. The molecule has 6 heteroatoms. The Hall–Kier alpha value is -0.650. The van der Waals surface area contributed by atoms with Gasteiger partial charge in [-0.2, -0.15) is 0 Å². The highest BCUT2D eigenvalue weighted by atomic mass is 35.5. The van der Waals surface area contributed by atoms with E-state index in [1.54, 1.807) is 11.3 Å². The molecule has 2 aromatic rings. The molecule has 1 saturated heterocycles. The van der Waals surface area contributed by atoms with Crippen LogP contribution in [0, 0.1) is 0 Å². The first-order chi connectivity index (χ1) is 10.2. The molecule has 3 nitrogen and oxygen atoms in total. The number of nitrogens with zero attached hydrogens (tertiary/aromatic N) is 2. The molecule has 0 saturated carbocycles. The van der Waals surface area contributed by atoms with Crippen LogP contribution in [0.25, 0.3) is 10.6 Å². The maximum atomic E-state index is 4.76. The zero-order valence-corrected chi connectivity index (χ0v) is 16.1. The summed E-state index contributed by atoms with van der Waals surface area (Å²) in [5.41, 5.74) is 3.83. The Morgan fingerprint density at radius 2 is 1.96 bits per heavy atom. The Balaban J connectivity index is 0.00000132. The lowest BCUT2D eigenvalue weighted by atomic mass is 10.1. The van der Waals surface area contributed by atoms with Crippen LogP contribution in [0.2, 0.25) is 0 Å². The molecule has 1 fully saturated rings. The van der Waals surface area contributed by atoms with E-state index in [9.17, 15) is 0 Å². The lowest BCUT2D eigenvalue weighted by Crippen LogP contribution is -2.42. The van der Waals surface area contributed by atoms with Gasteiger partial charge in [-0.1, -0.05) is 32.0 Å². The number of piperazine rings is 1. The summed E-state index contributed by atoms with van der Waals surface area (Å²) in [4.78, 5) is 7.27. The maximum Gasteiger partial charge on any atom is 0.123 e. The van der Waals surface area contributed by atoms with Crippen molar-refractivity contribution >= 4 is 36.2 Å². The topological polar surface area (TPSA) is 28.2 Å². The Kier molecular flexibility index (Phi) is 8.51. The third kappa shape index (κ3) is 5.44. The second-order valence-corrected chi connectivity index (χ2v) is 6.82. The quantitative estimate of drug-likeness (QED) is 0.870. The number of nitrogens with one attached hydrogen (secondary N) is 1. The Bertz CT molecular complexity index is 595. The Morgan fingerprint density at radius 1 is 1.22 bits per heavy atom. The average molecular weight is 374 g/mol. The molecule has 0 bridgehead atoms. The van der Waals surface area contributed by atoms with Crippen LogP contribution in [-0.2, 0) is 6.54 Å². The fourth-order valence-corrected chi connectivity index (χ4v) is 3.59. The molecule has 1 aliphatic rings. The van der Waals surface area contributed by atoms with Crippen molar-refractivity contribution in [2.45, 2.75) is 26.3 Å². The van der Waals surface area contributed by atoms with Crippen LogP contribution in [0.5, 0.6) is 0 Å². The largest absolute Gasteiger partial charge is 0.314 e. The number of hydrogen-bond donors (Lipinski definition) is 1. The van der Waals surface area contributed by atoms with Crippen molar-refractivity contribution in [1.82, 2.24) is 15.2 Å². The molecule has 0 aliphatic carbocycles. The van der Waals surface area contributed by atoms with Crippen molar-refractivity contribution in [3.63, 3.8) is 0 Å². The van der Waals surface area contributed by atoms with Gasteiger partial charge in [-0.25, -0.2) is 4.98 Å². The first kappa shape index (κ1) is 20.4. The molecule has 0 amide bonds. The first-order valence-corrected chi connectivity index (χ1v) is 8.58. The molecule has 0 atom stereocenters. The summed E-state index contributed by atoms with van der Waals surface area (Å²) in [6, 6.07) is 8.85. The van der Waals surface area contributed by atoms with Crippen molar-refractivity contribution in [3.05, 3.63) is 40.9 Å². The van der Waals surface area contributed by atoms with Crippen LogP contribution in [0.3, 0.4) is 0 Å². The molecule has 1 aliphatic heterocycles. The monoisotopic (exact) mass is 373 g/mol. The van der Waals surface area contributed by atoms with E-state index in [1.807, 2.05) is 0 Å². The van der Waals surface area contributed by atoms with Gasteiger partial charge in [0.05, 0.1) is 5.69 Å². The van der Waals surface area contributed by atoms with Gasteiger partial charge in [0.2, 0.25) is 0 Å². The van der Waals surface area contributed by atoms with Crippen molar-refractivity contribution in [2.24, 2.45) is 0 Å². The number of aromatic nitrogens is 1. The number of thiazole rings is 1. The van der Waals surface area contributed by atoms with Gasteiger partial charge in [-0.3, -0.25) is 4.90 Å². The second kappa shape index (κ2) is 9.60. The molecule has 0 unspecified atom stereocenters. The van der Waals surface area contributed by atoms with Crippen molar-refractivity contribution in [2.75, 3.05) is 26.2 Å². The molecule has 1 N–H and O–H groups in total. The van der Waals surface area contributed by atoms with Gasteiger partial charge in [-0.05, 0) is 17.5 Å². The average Bonchev–Trinajstić information content (AvgIpc) is 2.99. The van der Waals surface area contributed by atoms with Gasteiger partial charge in [-0.15, -0.1) is 36.2 Å². The van der Waals surface area contributed by atoms with E-state index in [-0.39, 0.29) is 24.8 Å². The fraction of sp³-hybridized carbons (Fsp3) is 0.471. The Morgan fingerprint density at radius 3 is 2.61 bits per heavy atom. The number of benzene rings is 1. The second-order valence-electron chi connectivity index (χ2n) is 5.96. The highest BCUT2D eigenvalue weighted by Gasteiger charge is 2.11. The van der Waals surface area contributed by atoms with Gasteiger partial charge in [0.25, 0.3) is 0 Å². The summed E-state index contributed by atoms with van der Waals surface area (Å²) < 4.78 is 0. The lowest BCUT2D eigenvalue weighted by molar-refractivity contribution is 0.233. The van der Waals surface area contributed by atoms with Gasteiger partial charge in [0, 0.05) is 43.7 Å². The molecule has 128 valence electrons. The summed E-state index contributed by atoms with van der Waals surface area (Å²) in [6.45, 7) is 9.91. The zero-order valence-electron chi connectivity index (χ0n) is 13.6. The predicted molar refractivity (Wildman–Crippen MR) is 104 cm³/mol. The van der Waals surface area contributed by atoms with Crippen LogP contribution in [0.1, 0.15) is 31.0 Å². The molecule has 0 radical (unpaired) electrons. The van der Waals surface area contributed by atoms with Gasteiger partial charge in [0.1, 0.15) is 5.01 Å². The number of halogens is 2. The highest BCUT2D eigenvalue weighted by molar-refractivity contribution is 7.13. The molecule has 0 spiro atoms. The summed E-state index contributed by atoms with van der Waals surface area (Å²) in [5.74, 6) is 0.499. The summed E-state index contributed by atoms with van der Waals surface area (Å²) in [6.07, 6.45) is 0. The maximum absolute atomic E-state index is 4.76. The van der Waals surface area contributed by atoms with Crippen LogP contribution in [-0.4, -0.2) is 36.1 Å². The summed E-state index contributed by atoms with van der Waals surface area (Å²) >= 11 is 1.75. The van der Waals surface area contributed by atoms with E-state index in [4.69, 9.17) is 4.98 Å². The first-order valence-electron chi connectivity index (χ1n) is 7.70. The molecular weight excluding hydrogens is 349 g/mol. The van der Waals surface area contributed by atoms with Crippen LogP contribution < -0.4 is 5.32 Å². The highest BCUT2D eigenvalue weighted by Crippen LogP contribution is 2.27. The third-order valence-corrected chi connectivity index (χ3v) is 4.81. The number of rotatable bonds is 4. The van der Waals surface area contributed by atoms with Gasteiger partial charge < -0.3 is 5.32 Å². The summed E-state index contributed by atoms with van der Waals surface area (Å²) in [5, 5.41) is 6.72. The molecule has 23 heavy (non-hydrogen) atoms. The number of hydrogen-bond acceptors (Lipinski definition) is 4. The van der Waals surface area contributed by atoms with Crippen molar-refractivity contribution in [3.8, 4) is 10.6 Å². The van der Waals surface area contributed by atoms with Crippen molar-refractivity contribution < 1.29 is 0 Å². The molecular formula is C17H25Cl2N3S. The molecule has 1 aromatic heterocycles. The van der Waals surface area contributed by atoms with E-state index < -0.39 is 0 Å². The van der Waals surface area contributed by atoms with Crippen LogP contribution >= 0.6 is 36.2 Å². The Labute approximate surface area is 155 Å². The van der Waals surface area contributed by atoms with Crippen LogP contribution in [0.15, 0.2) is 29.6 Å². The molecule has 3 rings (SSSR count). The fourth-order valence-electron chi connectivity index (χ4n) is 2.61. The van der Waals surface area contributed by atoms with Crippen LogP contribution in [0.4, 0.5) is 0 Å². The standard InChI is InChI=1S/C17H23N3S.2ClH/c1-13(2)16-12-21-17(19-16)15-5-3-4-14(10-15)11-20-8-6-18-7-9-20;;/h3-5,10,12-13,18H,6-9,11H2,1-2H3;2*1H. The van der Waals surface area contributed by atoms with E-state index in [2.05, 4.69) is 53.7 Å². The molecule has 1 aromatic carbocycles. The minimum atomic E-state index is 0. The zero-order chi connectivity index (χ0) is 14.7. The molecule has 2 heterocycles.